The van der Waals surface area contributed by atoms with E-state index >= 15 is 0 Å². The van der Waals surface area contributed by atoms with Crippen LogP contribution in [0.5, 0.6) is 0 Å². The molecule has 27 heavy (non-hydrogen) atoms. The molecule has 0 spiro atoms. The summed E-state index contributed by atoms with van der Waals surface area (Å²) < 4.78 is 4.70. The van der Waals surface area contributed by atoms with Gasteiger partial charge in [-0.3, -0.25) is 9.69 Å². The van der Waals surface area contributed by atoms with Crippen LogP contribution in [0.4, 0.5) is 5.69 Å². The highest BCUT2D eigenvalue weighted by Gasteiger charge is 2.14. The third kappa shape index (κ3) is 6.38. The minimum Gasteiger partial charge on any atom is -0.465 e. The van der Waals surface area contributed by atoms with Gasteiger partial charge in [0.05, 0.1) is 23.4 Å². The molecule has 2 aromatic carbocycles. The Balaban J connectivity index is 1.97. The number of nitrogens with one attached hydrogen (secondary N) is 1. The zero-order chi connectivity index (χ0) is 19.8. The van der Waals surface area contributed by atoms with Gasteiger partial charge in [0, 0.05) is 25.6 Å². The van der Waals surface area contributed by atoms with Crippen LogP contribution in [0.3, 0.4) is 0 Å². The van der Waals surface area contributed by atoms with Gasteiger partial charge in [-0.2, -0.15) is 0 Å². The largest absolute Gasteiger partial charge is 0.465 e. The third-order valence-corrected chi connectivity index (χ3v) is 4.58. The summed E-state index contributed by atoms with van der Waals surface area (Å²) in [6.07, 6.45) is 0.323. The van der Waals surface area contributed by atoms with Crippen molar-refractivity contribution in [2.45, 2.75) is 32.9 Å². The normalized spacial score (nSPS) is 10.9. The van der Waals surface area contributed by atoms with E-state index in [1.165, 1.54) is 18.7 Å². The Morgan fingerprint density at radius 2 is 1.85 bits per heavy atom. The molecule has 5 nitrogen and oxygen atoms in total. The highest BCUT2D eigenvalue weighted by atomic mass is 35.5. The Hall–Kier alpha value is -2.37. The number of methoxy groups -OCH3 is 1. The minimum atomic E-state index is -0.476. The molecule has 0 aliphatic heterocycles. The van der Waals surface area contributed by atoms with E-state index in [0.717, 1.165) is 6.54 Å². The van der Waals surface area contributed by atoms with Gasteiger partial charge >= 0.3 is 5.97 Å². The maximum Gasteiger partial charge on any atom is 0.337 e. The Kier molecular flexibility index (Phi) is 7.82. The highest BCUT2D eigenvalue weighted by molar-refractivity contribution is 6.33. The molecule has 1 N–H and O–H groups in total. The smallest absolute Gasteiger partial charge is 0.337 e. The summed E-state index contributed by atoms with van der Waals surface area (Å²) in [7, 11) is 1.31. The van der Waals surface area contributed by atoms with Gasteiger partial charge in [0.25, 0.3) is 0 Å². The molecule has 144 valence electrons. The topological polar surface area (TPSA) is 58.6 Å². The fraction of sp³-hybridized carbons (Fsp3) is 0.333. The molecule has 0 saturated carbocycles. The van der Waals surface area contributed by atoms with E-state index < -0.39 is 5.97 Å². The maximum atomic E-state index is 12.4. The second kappa shape index (κ2) is 10.1. The summed E-state index contributed by atoms with van der Waals surface area (Å²) in [6.45, 7) is 5.62. The number of hydrogen-bond donors (Lipinski definition) is 1. The Labute approximate surface area is 165 Å². The number of hydrogen-bond acceptors (Lipinski definition) is 4. The lowest BCUT2D eigenvalue weighted by Gasteiger charge is -2.26. The predicted octanol–water partition coefficient (Wildman–Crippen LogP) is 4.37. The Morgan fingerprint density at radius 1 is 1.15 bits per heavy atom. The van der Waals surface area contributed by atoms with Gasteiger partial charge in [-0.15, -0.1) is 0 Å². The van der Waals surface area contributed by atoms with Crippen LogP contribution in [0, 0.1) is 0 Å². The van der Waals surface area contributed by atoms with E-state index in [0.29, 0.717) is 35.3 Å². The molecule has 0 heterocycles. The number of anilines is 1. The van der Waals surface area contributed by atoms with Gasteiger partial charge in [0.1, 0.15) is 0 Å². The highest BCUT2D eigenvalue weighted by Crippen LogP contribution is 2.23. The monoisotopic (exact) mass is 388 g/mol. The molecule has 6 heteroatoms. The van der Waals surface area contributed by atoms with Crippen molar-refractivity contribution in [2.24, 2.45) is 0 Å². The summed E-state index contributed by atoms with van der Waals surface area (Å²) in [6, 6.07) is 15.1. The van der Waals surface area contributed by atoms with Crippen LogP contribution in [0.1, 0.15) is 36.2 Å². The van der Waals surface area contributed by atoms with Crippen LogP contribution in [-0.2, 0) is 16.1 Å². The fourth-order valence-electron chi connectivity index (χ4n) is 2.66. The quantitative estimate of drug-likeness (QED) is 0.682. The van der Waals surface area contributed by atoms with Gasteiger partial charge < -0.3 is 10.1 Å². The number of ether oxygens (including phenoxy) is 1. The molecule has 0 aliphatic rings. The third-order valence-electron chi connectivity index (χ3n) is 4.25. The van der Waals surface area contributed by atoms with Crippen LogP contribution in [0.15, 0.2) is 48.5 Å². The van der Waals surface area contributed by atoms with Gasteiger partial charge in [-0.25, -0.2) is 4.79 Å². The van der Waals surface area contributed by atoms with E-state index in [4.69, 9.17) is 16.3 Å². The van der Waals surface area contributed by atoms with Gasteiger partial charge in [0.15, 0.2) is 0 Å². The lowest BCUT2D eigenvalue weighted by Crippen LogP contribution is -2.33. The van der Waals surface area contributed by atoms with Crippen molar-refractivity contribution in [1.29, 1.82) is 0 Å². The van der Waals surface area contributed by atoms with Crippen LogP contribution in [-0.4, -0.2) is 36.5 Å². The molecule has 2 rings (SSSR count). The van der Waals surface area contributed by atoms with Crippen molar-refractivity contribution in [3.05, 3.63) is 64.7 Å². The van der Waals surface area contributed by atoms with Crippen molar-refractivity contribution < 1.29 is 14.3 Å². The first-order valence-electron chi connectivity index (χ1n) is 8.86. The number of esters is 1. The Morgan fingerprint density at radius 3 is 2.48 bits per heavy atom. The van der Waals surface area contributed by atoms with Gasteiger partial charge in [-0.1, -0.05) is 41.9 Å². The van der Waals surface area contributed by atoms with Crippen LogP contribution >= 0.6 is 11.6 Å². The van der Waals surface area contributed by atoms with Crippen LogP contribution in [0.2, 0.25) is 5.02 Å². The van der Waals surface area contributed by atoms with Gasteiger partial charge in [0.2, 0.25) is 5.91 Å². The van der Waals surface area contributed by atoms with Crippen molar-refractivity contribution in [1.82, 2.24) is 4.90 Å². The average Bonchev–Trinajstić information content (AvgIpc) is 2.66. The lowest BCUT2D eigenvalue weighted by molar-refractivity contribution is -0.116. The number of nitrogens with zero attached hydrogens (tertiary/aromatic N) is 1. The Bertz CT molecular complexity index is 778. The molecule has 2 aromatic rings. The van der Waals surface area contributed by atoms with E-state index in [1.54, 1.807) is 12.1 Å². The molecule has 1 amide bonds. The molecule has 0 bridgehead atoms. The summed E-state index contributed by atoms with van der Waals surface area (Å²) in [5.41, 5.74) is 1.95. The number of halogens is 1. The average molecular weight is 389 g/mol. The zero-order valence-corrected chi connectivity index (χ0v) is 16.6. The van der Waals surface area contributed by atoms with E-state index in [9.17, 15) is 9.59 Å². The van der Waals surface area contributed by atoms with E-state index in [2.05, 4.69) is 36.2 Å². The fourth-order valence-corrected chi connectivity index (χ4v) is 2.83. The predicted molar refractivity (Wildman–Crippen MR) is 108 cm³/mol. The standard InChI is InChI=1S/C21H25ClN2O3/c1-15(2)24(14-16-7-5-4-6-8-16)12-11-20(25)23-19-13-17(21(26)27-3)9-10-18(19)22/h4-10,13,15H,11-12,14H2,1-3H3,(H,23,25). The second-order valence-corrected chi connectivity index (χ2v) is 6.94. The molecule has 0 unspecified atom stereocenters. The van der Waals surface area contributed by atoms with Crippen molar-refractivity contribution >= 4 is 29.2 Å². The molecule has 0 aromatic heterocycles. The van der Waals surface area contributed by atoms with Crippen molar-refractivity contribution in [3.63, 3.8) is 0 Å². The zero-order valence-electron chi connectivity index (χ0n) is 15.9. The van der Waals surface area contributed by atoms with Gasteiger partial charge in [-0.05, 0) is 37.6 Å². The van der Waals surface area contributed by atoms with Crippen LogP contribution in [0.25, 0.3) is 0 Å². The van der Waals surface area contributed by atoms with Crippen molar-refractivity contribution in [3.8, 4) is 0 Å². The summed E-state index contributed by atoms with van der Waals surface area (Å²) in [4.78, 5) is 26.3. The molecule has 0 fully saturated rings. The number of carbonyl (C=O) groups is 2. The summed E-state index contributed by atoms with van der Waals surface area (Å²) in [5, 5.41) is 3.16. The number of carbonyl (C=O) groups excluding carboxylic acids is 2. The van der Waals surface area contributed by atoms with Crippen LogP contribution < -0.4 is 5.32 Å². The SMILES string of the molecule is COC(=O)c1ccc(Cl)c(NC(=O)CCN(Cc2ccccc2)C(C)C)c1. The second-order valence-electron chi connectivity index (χ2n) is 6.53. The molecule has 0 atom stereocenters. The minimum absolute atomic E-state index is 0.155. The number of benzene rings is 2. The van der Waals surface area contributed by atoms with E-state index in [-0.39, 0.29) is 5.91 Å². The molecular formula is C21H25ClN2O3. The number of rotatable bonds is 8. The number of amides is 1. The summed E-state index contributed by atoms with van der Waals surface area (Å²) in [5.74, 6) is -0.631. The maximum absolute atomic E-state index is 12.4. The first kappa shape index (κ1) is 20.9. The van der Waals surface area contributed by atoms with Crippen molar-refractivity contribution in [2.75, 3.05) is 19.0 Å². The molecule has 0 saturated heterocycles. The summed E-state index contributed by atoms with van der Waals surface area (Å²) >= 11 is 6.13. The molecule has 0 aliphatic carbocycles. The first-order valence-corrected chi connectivity index (χ1v) is 9.24. The molecular weight excluding hydrogens is 364 g/mol. The lowest BCUT2D eigenvalue weighted by atomic mass is 10.1. The molecule has 0 radical (unpaired) electrons. The van der Waals surface area contributed by atoms with E-state index in [1.807, 2.05) is 18.2 Å². The first-order chi connectivity index (χ1) is 12.9.